The lowest BCUT2D eigenvalue weighted by molar-refractivity contribution is -0.134. The molecule has 4 heterocycles. The van der Waals surface area contributed by atoms with Gasteiger partial charge in [0, 0.05) is 82.1 Å². The molecule has 2 atom stereocenters. The summed E-state index contributed by atoms with van der Waals surface area (Å²) in [5.41, 5.74) is 3.89. The molecule has 4 N–H and O–H groups in total. The molecule has 1 aromatic heterocycles. The van der Waals surface area contributed by atoms with Gasteiger partial charge in [0.25, 0.3) is 5.91 Å². The standard InChI is InChI=1S/C45H60N10O5/c1-4-37-44(59)52(2)38-28-47-45(51-41(38)55(37)34-7-5-6-8-34)49-36-19-11-30(27-39(36)60-3)42(57)48-32-14-16-33(17-15-32)54-25-23-53(24-26-54)22-21-46-31-12-9-29(10-13-31)35-18-20-40(56)50-43(35)58/h9-13,19,27-28,32-35,37,46H,4-8,14-18,20-26H2,1-3H3,(H,48,57)(H,47,49,51)(H,50,56,58)/t32?,33?,35?,37-/m1/s1. The molecule has 5 aliphatic rings. The van der Waals surface area contributed by atoms with E-state index in [9.17, 15) is 19.2 Å². The number of amides is 4. The number of hydrogen-bond donors (Lipinski definition) is 4. The first-order valence-electron chi connectivity index (χ1n) is 22.0. The van der Waals surface area contributed by atoms with Gasteiger partial charge in [-0.1, -0.05) is 31.9 Å². The topological polar surface area (TPSA) is 164 Å². The van der Waals surface area contributed by atoms with Crippen molar-refractivity contribution in [2.75, 3.05) is 73.9 Å². The predicted octanol–water partition coefficient (Wildman–Crippen LogP) is 5.02. The van der Waals surface area contributed by atoms with Gasteiger partial charge in [-0.3, -0.25) is 34.3 Å². The summed E-state index contributed by atoms with van der Waals surface area (Å²) in [6, 6.07) is 14.1. The maximum absolute atomic E-state index is 13.5. The van der Waals surface area contributed by atoms with Crippen molar-refractivity contribution in [3.63, 3.8) is 0 Å². The number of rotatable bonds is 13. The number of fused-ring (bicyclic) bond motifs is 1. The number of carbonyl (C=O) groups is 4. The fraction of sp³-hybridized carbons (Fsp3) is 0.556. The van der Waals surface area contributed by atoms with E-state index >= 15 is 0 Å². The summed E-state index contributed by atoms with van der Waals surface area (Å²) in [7, 11) is 3.39. The van der Waals surface area contributed by atoms with Crippen molar-refractivity contribution in [2.45, 2.75) is 108 Å². The van der Waals surface area contributed by atoms with Crippen LogP contribution in [0.4, 0.5) is 28.8 Å². The van der Waals surface area contributed by atoms with Gasteiger partial charge in [0.15, 0.2) is 5.82 Å². The highest BCUT2D eigenvalue weighted by atomic mass is 16.5. The van der Waals surface area contributed by atoms with Crippen molar-refractivity contribution in [3.05, 3.63) is 59.8 Å². The van der Waals surface area contributed by atoms with E-state index in [4.69, 9.17) is 9.72 Å². The molecule has 2 aromatic carbocycles. The lowest BCUT2D eigenvalue weighted by Gasteiger charge is -2.43. The van der Waals surface area contributed by atoms with Crippen molar-refractivity contribution in [1.82, 2.24) is 30.4 Å². The number of benzene rings is 2. The molecular formula is C45H60N10O5. The molecule has 15 heteroatoms. The third kappa shape index (κ3) is 9.07. The number of methoxy groups -OCH3 is 1. The normalized spacial score (nSPS) is 24.2. The molecule has 1 unspecified atom stereocenters. The van der Waals surface area contributed by atoms with Gasteiger partial charge in [0.1, 0.15) is 17.5 Å². The van der Waals surface area contributed by atoms with E-state index in [1.807, 2.05) is 36.4 Å². The number of nitrogens with zero attached hydrogens (tertiary/aromatic N) is 6. The van der Waals surface area contributed by atoms with E-state index in [-0.39, 0.29) is 47.7 Å². The molecule has 3 aliphatic heterocycles. The minimum atomic E-state index is -0.260. The molecule has 0 spiro atoms. The predicted molar refractivity (Wildman–Crippen MR) is 232 cm³/mol. The first kappa shape index (κ1) is 41.5. The van der Waals surface area contributed by atoms with Crippen LogP contribution in [0.1, 0.15) is 99.4 Å². The minimum Gasteiger partial charge on any atom is -0.495 e. The van der Waals surface area contributed by atoms with Crippen LogP contribution in [0.5, 0.6) is 5.75 Å². The van der Waals surface area contributed by atoms with Crippen LogP contribution in [0.2, 0.25) is 0 Å². The molecular weight excluding hydrogens is 761 g/mol. The highest BCUT2D eigenvalue weighted by Crippen LogP contribution is 2.40. The average molecular weight is 821 g/mol. The zero-order chi connectivity index (χ0) is 41.8. The maximum Gasteiger partial charge on any atom is 0.251 e. The largest absolute Gasteiger partial charge is 0.495 e. The van der Waals surface area contributed by atoms with Crippen LogP contribution in [0.3, 0.4) is 0 Å². The number of imide groups is 1. The monoisotopic (exact) mass is 820 g/mol. The van der Waals surface area contributed by atoms with Crippen molar-refractivity contribution in [2.24, 2.45) is 0 Å². The van der Waals surface area contributed by atoms with Gasteiger partial charge in [0.05, 0.1) is 24.9 Å². The molecule has 0 radical (unpaired) electrons. The second kappa shape index (κ2) is 18.5. The Hall–Kier alpha value is -5.28. The number of anilines is 5. The number of nitrogens with one attached hydrogen (secondary N) is 4. The molecule has 8 rings (SSSR count). The Kier molecular flexibility index (Phi) is 12.8. The molecule has 320 valence electrons. The van der Waals surface area contributed by atoms with Crippen LogP contribution in [-0.4, -0.2) is 121 Å². The van der Waals surface area contributed by atoms with Gasteiger partial charge >= 0.3 is 0 Å². The summed E-state index contributed by atoms with van der Waals surface area (Å²) in [6.45, 7) is 8.04. The number of carbonyl (C=O) groups excluding carboxylic acids is 4. The third-order valence-corrected chi connectivity index (χ3v) is 13.4. The SMILES string of the molecule is CC[C@@H]1C(=O)N(C)c2cnc(Nc3ccc(C(=O)NC4CCC(N5CCN(CCNc6ccc(C7CCC(=O)NC7=O)cc6)CC5)CC4)cc3OC)nc2N1C1CCCC1. The Morgan fingerprint density at radius 3 is 2.37 bits per heavy atom. The Morgan fingerprint density at radius 2 is 1.67 bits per heavy atom. The van der Waals surface area contributed by atoms with E-state index in [1.54, 1.807) is 31.3 Å². The minimum absolute atomic E-state index is 0.0799. The van der Waals surface area contributed by atoms with Crippen LogP contribution < -0.4 is 35.8 Å². The zero-order valence-corrected chi connectivity index (χ0v) is 35.3. The number of hydrogen-bond acceptors (Lipinski definition) is 12. The molecule has 3 aromatic rings. The highest BCUT2D eigenvalue weighted by Gasteiger charge is 2.41. The highest BCUT2D eigenvalue weighted by molar-refractivity contribution is 6.04. The van der Waals surface area contributed by atoms with Crippen molar-refractivity contribution >= 4 is 52.5 Å². The Labute approximate surface area is 353 Å². The molecule has 2 aliphatic carbocycles. The van der Waals surface area contributed by atoms with Crippen LogP contribution in [0, 0.1) is 0 Å². The summed E-state index contributed by atoms with van der Waals surface area (Å²) >= 11 is 0. The second-order valence-electron chi connectivity index (χ2n) is 17.0. The first-order chi connectivity index (χ1) is 29.2. The van der Waals surface area contributed by atoms with Gasteiger partial charge in [-0.2, -0.15) is 4.98 Å². The summed E-state index contributed by atoms with van der Waals surface area (Å²) in [5, 5.41) is 12.6. The zero-order valence-electron chi connectivity index (χ0n) is 35.3. The van der Waals surface area contributed by atoms with E-state index < -0.39 is 0 Å². The first-order valence-corrected chi connectivity index (χ1v) is 22.0. The Bertz CT molecular complexity index is 2020. The van der Waals surface area contributed by atoms with Crippen molar-refractivity contribution in [3.8, 4) is 5.75 Å². The molecule has 0 bridgehead atoms. The number of aromatic nitrogens is 2. The molecule has 2 saturated heterocycles. The van der Waals surface area contributed by atoms with Crippen LogP contribution in [0.15, 0.2) is 48.7 Å². The average Bonchev–Trinajstić information content (AvgIpc) is 3.81. The summed E-state index contributed by atoms with van der Waals surface area (Å²) in [4.78, 5) is 69.1. The summed E-state index contributed by atoms with van der Waals surface area (Å²) in [5.74, 6) is 1.03. The second-order valence-corrected chi connectivity index (χ2v) is 17.0. The van der Waals surface area contributed by atoms with Gasteiger partial charge in [-0.05, 0) is 87.3 Å². The molecule has 4 fully saturated rings. The third-order valence-electron chi connectivity index (χ3n) is 13.4. The fourth-order valence-electron chi connectivity index (χ4n) is 9.91. The molecule has 2 saturated carbocycles. The van der Waals surface area contributed by atoms with Crippen LogP contribution >= 0.6 is 0 Å². The summed E-state index contributed by atoms with van der Waals surface area (Å²) in [6.07, 6.45) is 11.8. The lowest BCUT2D eigenvalue weighted by atomic mass is 9.89. The Balaban J connectivity index is 0.781. The van der Waals surface area contributed by atoms with E-state index in [0.29, 0.717) is 53.9 Å². The number of piperazine rings is 1. The number of ether oxygens (including phenoxy) is 1. The maximum atomic E-state index is 13.5. The number of piperidine rings is 1. The van der Waals surface area contributed by atoms with Crippen molar-refractivity contribution < 1.29 is 23.9 Å². The van der Waals surface area contributed by atoms with Crippen molar-refractivity contribution in [1.29, 1.82) is 0 Å². The van der Waals surface area contributed by atoms with Crippen LogP contribution in [-0.2, 0) is 14.4 Å². The molecule has 60 heavy (non-hydrogen) atoms. The molecule has 15 nitrogen and oxygen atoms in total. The van der Waals surface area contributed by atoms with Gasteiger partial charge < -0.3 is 30.5 Å². The van der Waals surface area contributed by atoms with Crippen LogP contribution in [0.25, 0.3) is 0 Å². The number of likely N-dealkylation sites (N-methyl/N-ethyl adjacent to an activating group) is 1. The van der Waals surface area contributed by atoms with E-state index in [2.05, 4.69) is 47.9 Å². The fourth-order valence-corrected chi connectivity index (χ4v) is 9.91. The van der Waals surface area contributed by atoms with Gasteiger partial charge in [0.2, 0.25) is 23.7 Å². The van der Waals surface area contributed by atoms with E-state index in [1.165, 1.54) is 0 Å². The smallest absolute Gasteiger partial charge is 0.251 e. The summed E-state index contributed by atoms with van der Waals surface area (Å²) < 4.78 is 5.75. The van der Waals surface area contributed by atoms with Gasteiger partial charge in [-0.15, -0.1) is 0 Å². The molecule has 4 amide bonds. The van der Waals surface area contributed by atoms with Gasteiger partial charge in [-0.25, -0.2) is 4.98 Å². The Morgan fingerprint density at radius 1 is 0.917 bits per heavy atom. The van der Waals surface area contributed by atoms with E-state index in [0.717, 1.165) is 108 Å². The lowest BCUT2D eigenvalue weighted by Crippen LogP contribution is -2.55. The quantitative estimate of drug-likeness (QED) is 0.171.